The molecule has 23 heavy (non-hydrogen) atoms. The van der Waals surface area contributed by atoms with Gasteiger partial charge >= 0.3 is 0 Å². The second-order valence-corrected chi connectivity index (χ2v) is 7.89. The highest BCUT2D eigenvalue weighted by molar-refractivity contribution is 5.90. The average Bonchev–Trinajstić information content (AvgIpc) is 2.97. The van der Waals surface area contributed by atoms with Crippen molar-refractivity contribution in [1.29, 1.82) is 0 Å². The molecule has 2 aliphatic carbocycles. The molecule has 1 heterocycles. The third-order valence-electron chi connectivity index (χ3n) is 6.50. The van der Waals surface area contributed by atoms with E-state index in [1.807, 2.05) is 6.07 Å². The van der Waals surface area contributed by atoms with E-state index in [4.69, 9.17) is 10.5 Å². The van der Waals surface area contributed by atoms with Crippen LogP contribution in [0.5, 0.6) is 0 Å². The van der Waals surface area contributed by atoms with Gasteiger partial charge in [0.15, 0.2) is 0 Å². The van der Waals surface area contributed by atoms with Crippen molar-refractivity contribution < 1.29 is 9.53 Å². The summed E-state index contributed by atoms with van der Waals surface area (Å²) in [7, 11) is 0. The first-order valence-electron chi connectivity index (χ1n) is 8.75. The van der Waals surface area contributed by atoms with Crippen LogP contribution in [-0.4, -0.2) is 24.2 Å². The third-order valence-corrected chi connectivity index (χ3v) is 6.50. The lowest BCUT2D eigenvalue weighted by molar-refractivity contribution is -0.225. The van der Waals surface area contributed by atoms with Crippen LogP contribution in [0.2, 0.25) is 0 Å². The Kier molecular flexibility index (Phi) is 3.33. The lowest BCUT2D eigenvalue weighted by atomic mass is 9.46. The zero-order chi connectivity index (χ0) is 16.2. The molecule has 4 rings (SSSR count). The zero-order valence-corrected chi connectivity index (χ0v) is 14.0. The van der Waals surface area contributed by atoms with Crippen molar-refractivity contribution in [3.05, 3.63) is 35.4 Å². The summed E-state index contributed by atoms with van der Waals surface area (Å²) >= 11 is 0. The van der Waals surface area contributed by atoms with Gasteiger partial charge < -0.3 is 15.8 Å². The van der Waals surface area contributed by atoms with Crippen molar-refractivity contribution in [3.8, 4) is 0 Å². The van der Waals surface area contributed by atoms with E-state index in [1.165, 1.54) is 11.1 Å². The molecule has 2 fully saturated rings. The summed E-state index contributed by atoms with van der Waals surface area (Å²) in [6.45, 7) is 4.93. The lowest BCUT2D eigenvalue weighted by Crippen LogP contribution is -2.82. The zero-order valence-electron chi connectivity index (χ0n) is 14.0. The van der Waals surface area contributed by atoms with Crippen molar-refractivity contribution in [2.45, 2.75) is 57.2 Å². The summed E-state index contributed by atoms with van der Waals surface area (Å²) in [4.78, 5) is 13.1. The molecular weight excluding hydrogens is 288 g/mol. The van der Waals surface area contributed by atoms with Gasteiger partial charge in [0.2, 0.25) is 5.91 Å². The van der Waals surface area contributed by atoms with Crippen molar-refractivity contribution >= 4 is 5.91 Å². The van der Waals surface area contributed by atoms with E-state index in [9.17, 15) is 4.79 Å². The molecule has 0 radical (unpaired) electrons. The number of rotatable bonds is 2. The maximum absolute atomic E-state index is 13.1. The van der Waals surface area contributed by atoms with Crippen LogP contribution in [0.3, 0.4) is 0 Å². The minimum absolute atomic E-state index is 0.00375. The average molecular weight is 314 g/mol. The van der Waals surface area contributed by atoms with Gasteiger partial charge in [-0.1, -0.05) is 38.1 Å². The molecule has 124 valence electrons. The van der Waals surface area contributed by atoms with Crippen LogP contribution >= 0.6 is 0 Å². The molecule has 4 atom stereocenters. The Morgan fingerprint density at radius 1 is 1.30 bits per heavy atom. The van der Waals surface area contributed by atoms with Gasteiger partial charge in [-0.05, 0) is 36.8 Å². The molecule has 1 aromatic carbocycles. The molecule has 3 N–H and O–H groups in total. The maximum atomic E-state index is 13.1. The Morgan fingerprint density at radius 3 is 2.91 bits per heavy atom. The summed E-state index contributed by atoms with van der Waals surface area (Å²) in [5.41, 5.74) is 8.13. The van der Waals surface area contributed by atoms with E-state index >= 15 is 0 Å². The van der Waals surface area contributed by atoms with Crippen LogP contribution in [0.25, 0.3) is 0 Å². The summed E-state index contributed by atoms with van der Waals surface area (Å²) in [6.07, 6.45) is 4.08. The number of nitrogens with one attached hydrogen (secondary N) is 1. The molecular formula is C19H26N2O2. The fourth-order valence-corrected chi connectivity index (χ4v) is 5.02. The number of amides is 1. The molecule has 1 saturated carbocycles. The predicted molar refractivity (Wildman–Crippen MR) is 88.8 cm³/mol. The number of fused-ring (bicyclic) bond motifs is 2. The standard InChI is InChI=1S/C19H26N2O2/c1-18(2)16-14(8-5-11-23-16)19(18,20)17(22)21-15-10-9-12-6-3-4-7-13(12)15/h3-4,6-7,14-16H,5,8-11,20H2,1-2H3,(H,21,22). The van der Waals surface area contributed by atoms with Gasteiger partial charge in [0, 0.05) is 17.9 Å². The monoisotopic (exact) mass is 314 g/mol. The topological polar surface area (TPSA) is 64.3 Å². The number of benzene rings is 1. The van der Waals surface area contributed by atoms with Gasteiger partial charge in [-0.25, -0.2) is 0 Å². The molecule has 4 unspecified atom stereocenters. The minimum atomic E-state index is -0.824. The highest BCUT2D eigenvalue weighted by atomic mass is 16.5. The summed E-state index contributed by atoms with van der Waals surface area (Å²) in [5.74, 6) is 0.138. The summed E-state index contributed by atoms with van der Waals surface area (Å²) in [5, 5.41) is 3.25. The number of hydrogen-bond donors (Lipinski definition) is 2. The SMILES string of the molecule is CC1(C)C2OCCCC2C1(N)C(=O)NC1CCc2ccccc21. The van der Waals surface area contributed by atoms with Crippen molar-refractivity contribution in [2.75, 3.05) is 6.61 Å². The second-order valence-electron chi connectivity index (χ2n) is 7.89. The number of aryl methyl sites for hydroxylation is 1. The van der Waals surface area contributed by atoms with Crippen LogP contribution in [0.4, 0.5) is 0 Å². The molecule has 0 spiro atoms. The number of hydrogen-bond acceptors (Lipinski definition) is 3. The third kappa shape index (κ3) is 1.94. The van der Waals surface area contributed by atoms with Crippen LogP contribution < -0.4 is 11.1 Å². The minimum Gasteiger partial charge on any atom is -0.377 e. The Bertz CT molecular complexity index is 642. The normalized spacial score (nSPS) is 37.4. The van der Waals surface area contributed by atoms with Crippen molar-refractivity contribution in [3.63, 3.8) is 0 Å². The second kappa shape index (κ2) is 5.05. The molecule has 0 aromatic heterocycles. The van der Waals surface area contributed by atoms with Gasteiger partial charge in [-0.3, -0.25) is 4.79 Å². The predicted octanol–water partition coefficient (Wildman–Crippen LogP) is 2.32. The summed E-state index contributed by atoms with van der Waals surface area (Å²) in [6, 6.07) is 8.47. The molecule has 0 bridgehead atoms. The quantitative estimate of drug-likeness (QED) is 0.880. The lowest BCUT2D eigenvalue weighted by Gasteiger charge is -2.65. The van der Waals surface area contributed by atoms with Crippen LogP contribution in [0.15, 0.2) is 24.3 Å². The van der Waals surface area contributed by atoms with Gasteiger partial charge in [0.05, 0.1) is 12.1 Å². The smallest absolute Gasteiger partial charge is 0.241 e. The van der Waals surface area contributed by atoms with Crippen molar-refractivity contribution in [1.82, 2.24) is 5.32 Å². The molecule has 1 amide bonds. The maximum Gasteiger partial charge on any atom is 0.241 e. The molecule has 1 aromatic rings. The van der Waals surface area contributed by atoms with E-state index in [-0.39, 0.29) is 29.4 Å². The number of ether oxygens (including phenoxy) is 1. The van der Waals surface area contributed by atoms with Crippen molar-refractivity contribution in [2.24, 2.45) is 17.1 Å². The number of carbonyl (C=O) groups is 1. The van der Waals surface area contributed by atoms with Gasteiger partial charge in [0.25, 0.3) is 0 Å². The summed E-state index contributed by atoms with van der Waals surface area (Å²) < 4.78 is 5.90. The largest absolute Gasteiger partial charge is 0.377 e. The highest BCUT2D eigenvalue weighted by Crippen LogP contribution is 2.57. The van der Waals surface area contributed by atoms with E-state index in [0.717, 1.165) is 32.3 Å². The van der Waals surface area contributed by atoms with E-state index in [2.05, 4.69) is 37.4 Å². The first kappa shape index (κ1) is 15.2. The van der Waals surface area contributed by atoms with Crippen LogP contribution in [-0.2, 0) is 16.0 Å². The molecule has 1 saturated heterocycles. The van der Waals surface area contributed by atoms with Gasteiger partial charge in [0.1, 0.15) is 5.54 Å². The van der Waals surface area contributed by atoms with E-state index in [1.54, 1.807) is 0 Å². The first-order chi connectivity index (χ1) is 11.0. The Balaban J connectivity index is 1.55. The van der Waals surface area contributed by atoms with Crippen LogP contribution in [0, 0.1) is 11.3 Å². The molecule has 4 heteroatoms. The number of carbonyl (C=O) groups excluding carboxylic acids is 1. The van der Waals surface area contributed by atoms with E-state index in [0.29, 0.717) is 0 Å². The number of nitrogens with two attached hydrogens (primary N) is 1. The van der Waals surface area contributed by atoms with E-state index < -0.39 is 5.54 Å². The van der Waals surface area contributed by atoms with Gasteiger partial charge in [-0.15, -0.1) is 0 Å². The Hall–Kier alpha value is -1.39. The fraction of sp³-hybridized carbons (Fsp3) is 0.632. The Morgan fingerprint density at radius 2 is 2.09 bits per heavy atom. The van der Waals surface area contributed by atoms with Crippen LogP contribution in [0.1, 0.15) is 50.3 Å². The molecule has 3 aliphatic rings. The van der Waals surface area contributed by atoms with Gasteiger partial charge in [-0.2, -0.15) is 0 Å². The highest BCUT2D eigenvalue weighted by Gasteiger charge is 2.70. The fourth-order valence-electron chi connectivity index (χ4n) is 5.02. The Labute approximate surface area is 137 Å². The first-order valence-corrected chi connectivity index (χ1v) is 8.75. The molecule has 4 nitrogen and oxygen atoms in total. The molecule has 1 aliphatic heterocycles.